The Balaban J connectivity index is 3.03. The molecule has 0 heterocycles. The Labute approximate surface area is 114 Å². The van der Waals surface area contributed by atoms with Gasteiger partial charge in [-0.1, -0.05) is 26.0 Å². The van der Waals surface area contributed by atoms with Crippen LogP contribution < -0.4 is 4.74 Å². The number of ether oxygens (including phenoxy) is 1. The third-order valence-corrected chi connectivity index (χ3v) is 3.15. The van der Waals surface area contributed by atoms with E-state index in [1.54, 1.807) is 24.3 Å². The van der Waals surface area contributed by atoms with Crippen LogP contribution in [0.25, 0.3) is 0 Å². The molecule has 0 unspecified atom stereocenters. The van der Waals surface area contributed by atoms with E-state index in [1.807, 2.05) is 13.8 Å². The quantitative estimate of drug-likeness (QED) is 0.773. The second-order valence-electron chi connectivity index (χ2n) is 5.32. The Morgan fingerprint density at radius 2 is 1.95 bits per heavy atom. The van der Waals surface area contributed by atoms with E-state index in [0.717, 1.165) is 0 Å². The van der Waals surface area contributed by atoms with E-state index >= 15 is 0 Å². The van der Waals surface area contributed by atoms with E-state index in [2.05, 4.69) is 0 Å². The molecule has 0 radical (unpaired) electrons. The number of aliphatic hydroxyl groups is 2. The van der Waals surface area contributed by atoms with E-state index in [9.17, 15) is 15.0 Å². The molecule has 0 saturated heterocycles. The van der Waals surface area contributed by atoms with Crippen LogP contribution in [-0.4, -0.2) is 34.8 Å². The van der Waals surface area contributed by atoms with Crippen LogP contribution in [0.3, 0.4) is 0 Å². The monoisotopic (exact) mass is 266 g/mol. The summed E-state index contributed by atoms with van der Waals surface area (Å²) >= 11 is 0. The van der Waals surface area contributed by atoms with Crippen molar-refractivity contribution in [2.24, 2.45) is 5.92 Å². The molecule has 106 valence electrons. The first-order valence-electron chi connectivity index (χ1n) is 6.39. The van der Waals surface area contributed by atoms with Gasteiger partial charge in [0, 0.05) is 0 Å². The topological polar surface area (TPSA) is 66.8 Å². The highest BCUT2D eigenvalue weighted by Crippen LogP contribution is 2.27. The highest BCUT2D eigenvalue weighted by molar-refractivity contribution is 6.04. The molecule has 0 bridgehead atoms. The third-order valence-electron chi connectivity index (χ3n) is 3.15. The Kier molecular flexibility index (Phi) is 5.09. The van der Waals surface area contributed by atoms with Crippen molar-refractivity contribution < 1.29 is 19.7 Å². The lowest BCUT2D eigenvalue weighted by molar-refractivity contribution is -0.0471. The Morgan fingerprint density at radius 1 is 1.37 bits per heavy atom. The maximum atomic E-state index is 12.4. The lowest BCUT2D eigenvalue weighted by atomic mass is 9.85. The van der Waals surface area contributed by atoms with Crippen molar-refractivity contribution in [3.63, 3.8) is 0 Å². The minimum Gasteiger partial charge on any atom is -0.496 e. The molecule has 0 fully saturated rings. The van der Waals surface area contributed by atoms with Crippen molar-refractivity contribution >= 4 is 5.78 Å². The first-order valence-corrected chi connectivity index (χ1v) is 6.39. The Hall–Kier alpha value is -1.39. The molecule has 0 spiro atoms. The van der Waals surface area contributed by atoms with Crippen molar-refractivity contribution in [2.45, 2.75) is 38.9 Å². The summed E-state index contributed by atoms with van der Waals surface area (Å²) < 4.78 is 5.11. The molecule has 0 amide bonds. The molecule has 0 saturated carbocycles. The van der Waals surface area contributed by atoms with Crippen molar-refractivity contribution in [3.8, 4) is 5.75 Å². The number of aliphatic hydroxyl groups excluding tert-OH is 1. The minimum absolute atomic E-state index is 0.187. The molecule has 2 atom stereocenters. The van der Waals surface area contributed by atoms with Crippen LogP contribution in [-0.2, 0) is 0 Å². The molecule has 19 heavy (non-hydrogen) atoms. The van der Waals surface area contributed by atoms with Crippen molar-refractivity contribution in [1.82, 2.24) is 0 Å². The molecule has 0 aliphatic heterocycles. The van der Waals surface area contributed by atoms with Gasteiger partial charge in [-0.2, -0.15) is 0 Å². The first kappa shape index (κ1) is 15.7. The van der Waals surface area contributed by atoms with Gasteiger partial charge in [0.25, 0.3) is 0 Å². The maximum absolute atomic E-state index is 12.4. The summed E-state index contributed by atoms with van der Waals surface area (Å²) in [5.41, 5.74) is -1.54. The van der Waals surface area contributed by atoms with Crippen LogP contribution in [0.2, 0.25) is 0 Å². The van der Waals surface area contributed by atoms with Crippen molar-refractivity contribution in [1.29, 1.82) is 0 Å². The number of benzene rings is 1. The number of para-hydroxylation sites is 1. The molecule has 0 aliphatic carbocycles. The van der Waals surface area contributed by atoms with Gasteiger partial charge in [0.2, 0.25) is 0 Å². The zero-order valence-corrected chi connectivity index (χ0v) is 11.9. The smallest absolute Gasteiger partial charge is 0.200 e. The van der Waals surface area contributed by atoms with Gasteiger partial charge in [-0.05, 0) is 31.4 Å². The average Bonchev–Trinajstić information content (AvgIpc) is 2.36. The van der Waals surface area contributed by atoms with Crippen LogP contribution in [0.5, 0.6) is 5.75 Å². The number of carbonyl (C=O) groups is 1. The standard InChI is InChI=1S/C15H22O4/c1-10(2)9-13(16)15(3,18)14(17)11-7-5-6-8-12(11)19-4/h5-8,10,13,16,18H,9H2,1-4H3/t13-,15+/m0/s1. The van der Waals surface area contributed by atoms with Crippen LogP contribution in [0.15, 0.2) is 24.3 Å². The van der Waals surface area contributed by atoms with Crippen LogP contribution >= 0.6 is 0 Å². The molecule has 1 aromatic rings. The van der Waals surface area contributed by atoms with Crippen LogP contribution in [0.1, 0.15) is 37.6 Å². The molecule has 4 nitrogen and oxygen atoms in total. The summed E-state index contributed by atoms with van der Waals surface area (Å²) in [6, 6.07) is 6.67. The molecule has 1 aromatic carbocycles. The zero-order valence-electron chi connectivity index (χ0n) is 11.9. The molecule has 1 rings (SSSR count). The number of hydrogen-bond donors (Lipinski definition) is 2. The number of Topliss-reactive ketones (excluding diaryl/α,β-unsaturated/α-hetero) is 1. The lowest BCUT2D eigenvalue weighted by Gasteiger charge is -2.29. The summed E-state index contributed by atoms with van der Waals surface area (Å²) in [5, 5.41) is 20.3. The van der Waals surface area contributed by atoms with Gasteiger partial charge in [0.05, 0.1) is 18.8 Å². The van der Waals surface area contributed by atoms with Crippen LogP contribution in [0, 0.1) is 5.92 Å². The average molecular weight is 266 g/mol. The fourth-order valence-corrected chi connectivity index (χ4v) is 1.93. The normalized spacial score (nSPS) is 15.9. The molecule has 4 heteroatoms. The summed E-state index contributed by atoms with van der Waals surface area (Å²) in [6.45, 7) is 5.19. The molecule has 0 aromatic heterocycles. The number of rotatable bonds is 6. The zero-order chi connectivity index (χ0) is 14.6. The van der Waals surface area contributed by atoms with Gasteiger partial charge < -0.3 is 14.9 Å². The number of hydrogen-bond acceptors (Lipinski definition) is 4. The maximum Gasteiger partial charge on any atom is 0.200 e. The highest BCUT2D eigenvalue weighted by Gasteiger charge is 2.40. The molecule has 0 aliphatic rings. The Morgan fingerprint density at radius 3 is 2.47 bits per heavy atom. The largest absolute Gasteiger partial charge is 0.496 e. The van der Waals surface area contributed by atoms with Gasteiger partial charge in [-0.3, -0.25) is 4.79 Å². The van der Waals surface area contributed by atoms with E-state index in [-0.39, 0.29) is 11.5 Å². The summed E-state index contributed by atoms with van der Waals surface area (Å²) in [6.07, 6.45) is -0.752. The van der Waals surface area contributed by atoms with Crippen LogP contribution in [0.4, 0.5) is 0 Å². The van der Waals surface area contributed by atoms with Gasteiger partial charge in [0.15, 0.2) is 11.4 Å². The third kappa shape index (κ3) is 3.55. The predicted octanol–water partition coefficient (Wildman–Crippen LogP) is 2.04. The number of ketones is 1. The van der Waals surface area contributed by atoms with Gasteiger partial charge in [-0.15, -0.1) is 0 Å². The van der Waals surface area contributed by atoms with Crippen molar-refractivity contribution in [2.75, 3.05) is 7.11 Å². The second kappa shape index (κ2) is 6.17. The fourth-order valence-electron chi connectivity index (χ4n) is 1.93. The SMILES string of the molecule is COc1ccccc1C(=O)[C@](C)(O)[C@@H](O)CC(C)C. The lowest BCUT2D eigenvalue weighted by Crippen LogP contribution is -2.47. The van der Waals surface area contributed by atoms with E-state index < -0.39 is 17.5 Å². The van der Waals surface area contributed by atoms with E-state index in [1.165, 1.54) is 14.0 Å². The summed E-state index contributed by atoms with van der Waals surface area (Å²) in [5.74, 6) is 0.0505. The van der Waals surface area contributed by atoms with Crippen molar-refractivity contribution in [3.05, 3.63) is 29.8 Å². The fraction of sp³-hybridized carbons (Fsp3) is 0.533. The molecular weight excluding hydrogens is 244 g/mol. The molecule has 2 N–H and O–H groups in total. The second-order valence-corrected chi connectivity index (χ2v) is 5.32. The number of carbonyl (C=O) groups excluding carboxylic acids is 1. The van der Waals surface area contributed by atoms with Gasteiger partial charge in [0.1, 0.15) is 5.75 Å². The summed E-state index contributed by atoms with van der Waals surface area (Å²) in [4.78, 5) is 12.4. The minimum atomic E-state index is -1.82. The van der Waals surface area contributed by atoms with E-state index in [0.29, 0.717) is 12.2 Å². The summed E-state index contributed by atoms with van der Waals surface area (Å²) in [7, 11) is 1.46. The van der Waals surface area contributed by atoms with Gasteiger partial charge in [-0.25, -0.2) is 0 Å². The number of methoxy groups -OCH3 is 1. The van der Waals surface area contributed by atoms with E-state index in [4.69, 9.17) is 4.74 Å². The first-order chi connectivity index (χ1) is 8.80. The Bertz CT molecular complexity index is 438. The molecular formula is C15H22O4. The van der Waals surface area contributed by atoms with Gasteiger partial charge >= 0.3 is 0 Å². The predicted molar refractivity (Wildman–Crippen MR) is 73.4 cm³/mol. The highest BCUT2D eigenvalue weighted by atomic mass is 16.5.